The summed E-state index contributed by atoms with van der Waals surface area (Å²) in [6.07, 6.45) is 4.65. The Balaban J connectivity index is 1.57. The van der Waals surface area contributed by atoms with E-state index in [1.165, 1.54) is 0 Å². The molecule has 0 spiro atoms. The van der Waals surface area contributed by atoms with E-state index in [0.717, 1.165) is 55.7 Å². The second-order valence-corrected chi connectivity index (χ2v) is 5.41. The van der Waals surface area contributed by atoms with Gasteiger partial charge in [0, 0.05) is 26.6 Å². The normalized spacial score (nSPS) is 18.1. The van der Waals surface area contributed by atoms with Gasteiger partial charge in [0.05, 0.1) is 12.3 Å². The van der Waals surface area contributed by atoms with Crippen LogP contribution in [-0.2, 0) is 13.0 Å². The predicted molar refractivity (Wildman–Crippen MR) is 83.6 cm³/mol. The smallest absolute Gasteiger partial charge is 0.191 e. The fraction of sp³-hybridized carbons (Fsp3) is 0.533. The standard InChI is InChI=1S/C15H22N6O/c1-11-18-14-13(6-3-9-21(14)20-11)19-15(16-2)17-8-7-12-5-4-10-22-12/h4-5,10,13H,3,6-9H2,1-2H3,(H2,16,17,19). The average Bonchev–Trinajstić information content (AvgIpc) is 3.15. The number of fused-ring (bicyclic) bond motifs is 1. The average molecular weight is 302 g/mol. The molecule has 7 nitrogen and oxygen atoms in total. The summed E-state index contributed by atoms with van der Waals surface area (Å²) >= 11 is 0. The van der Waals surface area contributed by atoms with Gasteiger partial charge in [-0.15, -0.1) is 0 Å². The molecule has 3 rings (SSSR count). The van der Waals surface area contributed by atoms with Gasteiger partial charge >= 0.3 is 0 Å². The third kappa shape index (κ3) is 3.29. The lowest BCUT2D eigenvalue weighted by Gasteiger charge is -2.24. The second-order valence-electron chi connectivity index (χ2n) is 5.41. The van der Waals surface area contributed by atoms with Crippen LogP contribution >= 0.6 is 0 Å². The van der Waals surface area contributed by atoms with E-state index < -0.39 is 0 Å². The Bertz CT molecular complexity index is 631. The van der Waals surface area contributed by atoms with E-state index in [1.807, 2.05) is 23.7 Å². The molecule has 1 atom stereocenters. The molecule has 118 valence electrons. The number of hydrogen-bond donors (Lipinski definition) is 2. The van der Waals surface area contributed by atoms with Gasteiger partial charge in [-0.25, -0.2) is 9.67 Å². The molecule has 22 heavy (non-hydrogen) atoms. The van der Waals surface area contributed by atoms with Crippen molar-refractivity contribution in [2.24, 2.45) is 4.99 Å². The molecule has 1 aliphatic heterocycles. The Labute approximate surface area is 129 Å². The van der Waals surface area contributed by atoms with E-state index in [9.17, 15) is 0 Å². The number of aryl methyl sites for hydroxylation is 2. The minimum Gasteiger partial charge on any atom is -0.469 e. The summed E-state index contributed by atoms with van der Waals surface area (Å²) < 4.78 is 7.32. The Morgan fingerprint density at radius 3 is 3.23 bits per heavy atom. The van der Waals surface area contributed by atoms with Crippen LogP contribution in [0.3, 0.4) is 0 Å². The maximum Gasteiger partial charge on any atom is 0.191 e. The lowest BCUT2D eigenvalue weighted by atomic mass is 10.1. The van der Waals surface area contributed by atoms with Gasteiger partial charge in [0.1, 0.15) is 17.4 Å². The predicted octanol–water partition coefficient (Wildman–Crippen LogP) is 1.42. The van der Waals surface area contributed by atoms with Crippen LogP contribution < -0.4 is 10.6 Å². The lowest BCUT2D eigenvalue weighted by molar-refractivity contribution is 0.397. The minimum absolute atomic E-state index is 0.157. The highest BCUT2D eigenvalue weighted by Crippen LogP contribution is 2.22. The molecule has 0 amide bonds. The maximum absolute atomic E-state index is 5.33. The van der Waals surface area contributed by atoms with Crippen molar-refractivity contribution in [3.05, 3.63) is 35.8 Å². The quantitative estimate of drug-likeness (QED) is 0.659. The highest BCUT2D eigenvalue weighted by Gasteiger charge is 2.24. The number of aromatic nitrogens is 3. The maximum atomic E-state index is 5.33. The van der Waals surface area contributed by atoms with Gasteiger partial charge in [0.15, 0.2) is 5.96 Å². The Morgan fingerprint density at radius 2 is 2.45 bits per heavy atom. The van der Waals surface area contributed by atoms with E-state index in [0.29, 0.717) is 0 Å². The van der Waals surface area contributed by atoms with Crippen LogP contribution in [0, 0.1) is 6.92 Å². The first-order valence-electron chi connectivity index (χ1n) is 7.67. The second kappa shape index (κ2) is 6.64. The number of rotatable bonds is 4. The van der Waals surface area contributed by atoms with Crippen molar-refractivity contribution in [3.63, 3.8) is 0 Å². The molecule has 0 radical (unpaired) electrons. The topological polar surface area (TPSA) is 80.3 Å². The van der Waals surface area contributed by atoms with E-state index in [4.69, 9.17) is 4.42 Å². The zero-order valence-electron chi connectivity index (χ0n) is 13.0. The highest BCUT2D eigenvalue weighted by atomic mass is 16.3. The number of hydrogen-bond acceptors (Lipinski definition) is 4. The molecule has 1 aliphatic rings. The van der Waals surface area contributed by atoms with Crippen LogP contribution in [0.2, 0.25) is 0 Å². The molecule has 0 saturated carbocycles. The molecule has 0 saturated heterocycles. The van der Waals surface area contributed by atoms with Crippen molar-refractivity contribution in [1.29, 1.82) is 0 Å². The molecule has 2 aromatic heterocycles. The van der Waals surface area contributed by atoms with Gasteiger partial charge in [0.2, 0.25) is 0 Å². The number of aliphatic imine (C=N–C) groups is 1. The monoisotopic (exact) mass is 302 g/mol. The first kappa shape index (κ1) is 14.6. The number of nitrogens with one attached hydrogen (secondary N) is 2. The molecule has 0 aromatic carbocycles. The Kier molecular flexibility index (Phi) is 4.41. The summed E-state index contributed by atoms with van der Waals surface area (Å²) in [5.74, 6) is 3.57. The van der Waals surface area contributed by atoms with Crippen molar-refractivity contribution in [1.82, 2.24) is 25.4 Å². The summed E-state index contributed by atoms with van der Waals surface area (Å²) in [6, 6.07) is 4.04. The lowest BCUT2D eigenvalue weighted by Crippen LogP contribution is -2.42. The third-order valence-electron chi connectivity index (χ3n) is 3.76. The largest absolute Gasteiger partial charge is 0.469 e. The fourth-order valence-corrected chi connectivity index (χ4v) is 2.72. The van der Waals surface area contributed by atoms with Crippen LogP contribution in [-0.4, -0.2) is 34.3 Å². The first-order chi connectivity index (χ1) is 10.8. The molecule has 0 aliphatic carbocycles. The molecule has 7 heteroatoms. The van der Waals surface area contributed by atoms with Crippen molar-refractivity contribution in [2.75, 3.05) is 13.6 Å². The first-order valence-corrected chi connectivity index (χ1v) is 7.67. The molecule has 0 bridgehead atoms. The van der Waals surface area contributed by atoms with Gasteiger partial charge in [0.25, 0.3) is 0 Å². The van der Waals surface area contributed by atoms with Crippen LogP contribution in [0.1, 0.15) is 36.3 Å². The number of furan rings is 1. The Morgan fingerprint density at radius 1 is 1.55 bits per heavy atom. The molecular weight excluding hydrogens is 280 g/mol. The minimum atomic E-state index is 0.157. The van der Waals surface area contributed by atoms with Crippen LogP contribution in [0.4, 0.5) is 0 Å². The van der Waals surface area contributed by atoms with Crippen LogP contribution in [0.25, 0.3) is 0 Å². The van der Waals surface area contributed by atoms with E-state index in [2.05, 4.69) is 25.7 Å². The van der Waals surface area contributed by atoms with Crippen molar-refractivity contribution in [3.8, 4) is 0 Å². The molecule has 3 heterocycles. The van der Waals surface area contributed by atoms with Gasteiger partial charge in [-0.05, 0) is 31.9 Å². The van der Waals surface area contributed by atoms with Crippen LogP contribution in [0.5, 0.6) is 0 Å². The van der Waals surface area contributed by atoms with Gasteiger partial charge in [-0.1, -0.05) is 0 Å². The highest BCUT2D eigenvalue weighted by molar-refractivity contribution is 5.80. The zero-order valence-corrected chi connectivity index (χ0v) is 13.0. The van der Waals surface area contributed by atoms with E-state index in [-0.39, 0.29) is 6.04 Å². The van der Waals surface area contributed by atoms with Crippen molar-refractivity contribution in [2.45, 2.75) is 38.8 Å². The van der Waals surface area contributed by atoms with Gasteiger partial charge in [-0.3, -0.25) is 4.99 Å². The van der Waals surface area contributed by atoms with E-state index in [1.54, 1.807) is 13.3 Å². The van der Waals surface area contributed by atoms with Gasteiger partial charge in [-0.2, -0.15) is 5.10 Å². The molecule has 1 unspecified atom stereocenters. The molecule has 0 fully saturated rings. The summed E-state index contributed by atoms with van der Waals surface area (Å²) in [5, 5.41) is 11.2. The van der Waals surface area contributed by atoms with Gasteiger partial charge < -0.3 is 15.1 Å². The number of guanidine groups is 1. The number of nitrogens with zero attached hydrogens (tertiary/aromatic N) is 4. The van der Waals surface area contributed by atoms with E-state index >= 15 is 0 Å². The summed E-state index contributed by atoms with van der Waals surface area (Å²) in [5.41, 5.74) is 0. The molecule has 2 aromatic rings. The zero-order chi connectivity index (χ0) is 15.4. The summed E-state index contributed by atoms with van der Waals surface area (Å²) in [4.78, 5) is 8.82. The van der Waals surface area contributed by atoms with Crippen LogP contribution in [0.15, 0.2) is 27.8 Å². The molecular formula is C15H22N6O. The van der Waals surface area contributed by atoms with Crippen molar-refractivity contribution >= 4 is 5.96 Å². The summed E-state index contributed by atoms with van der Waals surface area (Å²) in [6.45, 7) is 3.64. The third-order valence-corrected chi connectivity index (χ3v) is 3.76. The molecule has 2 N–H and O–H groups in total. The fourth-order valence-electron chi connectivity index (χ4n) is 2.72. The van der Waals surface area contributed by atoms with Crippen molar-refractivity contribution < 1.29 is 4.42 Å². The Hall–Kier alpha value is -2.31. The summed E-state index contributed by atoms with van der Waals surface area (Å²) in [7, 11) is 1.78. The SMILES string of the molecule is CN=C(NCCc1ccco1)NC1CCCn2nc(C)nc21.